The molecule has 0 saturated carbocycles. The zero-order chi connectivity index (χ0) is 26.0. The Kier molecular flexibility index (Phi) is 6.82. The number of halogens is 1. The molecule has 2 amide bonds. The molecule has 1 aromatic heterocycles. The third-order valence-electron chi connectivity index (χ3n) is 5.67. The lowest BCUT2D eigenvalue weighted by Gasteiger charge is -2.09. The first kappa shape index (κ1) is 24.6. The molecular weight excluding hydrogens is 465 g/mol. The van der Waals surface area contributed by atoms with Crippen molar-refractivity contribution in [2.75, 3.05) is 13.6 Å². The van der Waals surface area contributed by atoms with Crippen LogP contribution in [-0.4, -0.2) is 30.3 Å². The third kappa shape index (κ3) is 4.81. The van der Waals surface area contributed by atoms with Crippen molar-refractivity contribution in [1.82, 2.24) is 10.6 Å². The number of carbonyl (C=O) groups excluding carboxylic acids is 2. The van der Waals surface area contributed by atoms with E-state index in [0.29, 0.717) is 28.6 Å². The fourth-order valence-corrected chi connectivity index (χ4v) is 3.90. The number of rotatable bonds is 7. The highest BCUT2D eigenvalue weighted by Gasteiger charge is 2.26. The standard InChI is InChI=1S/C27H24FN3O5/c1-15(2)14-30-26(32)18-6-4-5-17(11-18)20-12-21-23(13-22(20)31(34)35)36-25(24(21)27(33)29-3)16-7-9-19(28)10-8-16/h4-13,15H,14H2,1-3H3,(H,29,33)(H,30,32). The van der Waals surface area contributed by atoms with E-state index in [-0.39, 0.29) is 40.0 Å². The van der Waals surface area contributed by atoms with Gasteiger partial charge in [-0.2, -0.15) is 0 Å². The molecule has 8 nitrogen and oxygen atoms in total. The van der Waals surface area contributed by atoms with Gasteiger partial charge in [-0.15, -0.1) is 0 Å². The van der Waals surface area contributed by atoms with E-state index in [0.717, 1.165) is 0 Å². The highest BCUT2D eigenvalue weighted by Crippen LogP contribution is 2.40. The molecule has 0 unspecified atom stereocenters. The molecule has 9 heteroatoms. The van der Waals surface area contributed by atoms with E-state index in [2.05, 4.69) is 10.6 Å². The number of furan rings is 1. The Balaban J connectivity index is 1.91. The minimum atomic E-state index is -0.542. The van der Waals surface area contributed by atoms with Crippen molar-refractivity contribution in [2.45, 2.75) is 13.8 Å². The Bertz CT molecular complexity index is 1480. The van der Waals surface area contributed by atoms with Gasteiger partial charge in [0.25, 0.3) is 17.5 Å². The van der Waals surface area contributed by atoms with Gasteiger partial charge in [-0.1, -0.05) is 26.0 Å². The Morgan fingerprint density at radius 1 is 1.03 bits per heavy atom. The van der Waals surface area contributed by atoms with Gasteiger partial charge in [0.1, 0.15) is 17.2 Å². The average Bonchev–Trinajstić information content (AvgIpc) is 3.25. The number of benzene rings is 3. The van der Waals surface area contributed by atoms with Gasteiger partial charge < -0.3 is 15.1 Å². The van der Waals surface area contributed by atoms with Crippen LogP contribution in [0.25, 0.3) is 33.4 Å². The molecule has 1 heterocycles. The Morgan fingerprint density at radius 3 is 2.39 bits per heavy atom. The minimum Gasteiger partial charge on any atom is -0.455 e. The van der Waals surface area contributed by atoms with Crippen LogP contribution in [0.3, 0.4) is 0 Å². The van der Waals surface area contributed by atoms with Crippen molar-refractivity contribution in [3.63, 3.8) is 0 Å². The number of carbonyl (C=O) groups is 2. The maximum atomic E-state index is 13.5. The molecule has 0 bridgehead atoms. The van der Waals surface area contributed by atoms with Gasteiger partial charge in [0.15, 0.2) is 0 Å². The molecule has 0 spiro atoms. The predicted molar refractivity (Wildman–Crippen MR) is 134 cm³/mol. The first-order valence-corrected chi connectivity index (χ1v) is 11.3. The minimum absolute atomic E-state index is 0.134. The van der Waals surface area contributed by atoms with Crippen LogP contribution in [0.5, 0.6) is 0 Å². The summed E-state index contributed by atoms with van der Waals surface area (Å²) in [5.41, 5.74) is 1.52. The van der Waals surface area contributed by atoms with Crippen molar-refractivity contribution < 1.29 is 23.3 Å². The molecule has 0 fully saturated rings. The van der Waals surface area contributed by atoms with Crippen LogP contribution in [-0.2, 0) is 0 Å². The average molecular weight is 490 g/mol. The second-order valence-electron chi connectivity index (χ2n) is 8.70. The summed E-state index contributed by atoms with van der Waals surface area (Å²) in [5.74, 6) is -0.777. The zero-order valence-corrected chi connectivity index (χ0v) is 19.9. The first-order valence-electron chi connectivity index (χ1n) is 11.3. The largest absolute Gasteiger partial charge is 0.455 e. The summed E-state index contributed by atoms with van der Waals surface area (Å²) in [7, 11) is 1.46. The number of nitro benzene ring substituents is 1. The quantitative estimate of drug-likeness (QED) is 0.261. The maximum absolute atomic E-state index is 13.5. The topological polar surface area (TPSA) is 114 Å². The van der Waals surface area contributed by atoms with E-state index in [4.69, 9.17) is 4.42 Å². The fourth-order valence-electron chi connectivity index (χ4n) is 3.90. The van der Waals surface area contributed by atoms with E-state index < -0.39 is 16.6 Å². The molecule has 0 atom stereocenters. The van der Waals surface area contributed by atoms with Crippen molar-refractivity contribution >= 4 is 28.5 Å². The molecule has 0 radical (unpaired) electrons. The molecule has 36 heavy (non-hydrogen) atoms. The van der Waals surface area contributed by atoms with Gasteiger partial charge in [0.2, 0.25) is 0 Å². The van der Waals surface area contributed by atoms with Crippen LogP contribution < -0.4 is 10.6 Å². The zero-order valence-electron chi connectivity index (χ0n) is 19.9. The van der Waals surface area contributed by atoms with Crippen molar-refractivity contribution in [2.24, 2.45) is 5.92 Å². The van der Waals surface area contributed by atoms with Crippen LogP contribution in [0.4, 0.5) is 10.1 Å². The lowest BCUT2D eigenvalue weighted by Crippen LogP contribution is -2.27. The number of nitro groups is 1. The van der Waals surface area contributed by atoms with Crippen LogP contribution in [0, 0.1) is 21.8 Å². The number of hydrogen-bond donors (Lipinski definition) is 2. The summed E-state index contributed by atoms with van der Waals surface area (Å²) >= 11 is 0. The number of hydrogen-bond acceptors (Lipinski definition) is 5. The van der Waals surface area contributed by atoms with Crippen LogP contribution in [0.1, 0.15) is 34.6 Å². The second-order valence-corrected chi connectivity index (χ2v) is 8.70. The Morgan fingerprint density at radius 2 is 1.75 bits per heavy atom. The lowest BCUT2D eigenvalue weighted by atomic mass is 9.97. The molecule has 3 aromatic carbocycles. The summed E-state index contributed by atoms with van der Waals surface area (Å²) in [6.45, 7) is 4.45. The molecule has 4 aromatic rings. The normalized spacial score (nSPS) is 11.0. The smallest absolute Gasteiger partial charge is 0.280 e. The molecule has 0 saturated heterocycles. The van der Waals surface area contributed by atoms with Gasteiger partial charge in [0, 0.05) is 30.1 Å². The van der Waals surface area contributed by atoms with E-state index in [1.54, 1.807) is 24.3 Å². The summed E-state index contributed by atoms with van der Waals surface area (Å²) in [5, 5.41) is 17.7. The number of nitrogens with zero attached hydrogens (tertiary/aromatic N) is 1. The van der Waals surface area contributed by atoms with Crippen LogP contribution in [0.2, 0.25) is 0 Å². The number of nitrogens with one attached hydrogen (secondary N) is 2. The highest BCUT2D eigenvalue weighted by molar-refractivity contribution is 6.12. The van der Waals surface area contributed by atoms with Crippen molar-refractivity contribution in [3.05, 3.63) is 87.7 Å². The Hall–Kier alpha value is -4.53. The van der Waals surface area contributed by atoms with Gasteiger partial charge >= 0.3 is 0 Å². The molecule has 0 aliphatic carbocycles. The number of amides is 2. The summed E-state index contributed by atoms with van der Waals surface area (Å²) < 4.78 is 19.4. The van der Waals surface area contributed by atoms with Crippen molar-refractivity contribution in [3.8, 4) is 22.5 Å². The highest BCUT2D eigenvalue weighted by atomic mass is 19.1. The van der Waals surface area contributed by atoms with Crippen LogP contribution >= 0.6 is 0 Å². The molecular formula is C27H24FN3O5. The monoisotopic (exact) mass is 489 g/mol. The fraction of sp³-hybridized carbons (Fsp3) is 0.185. The first-order chi connectivity index (χ1) is 17.2. The van der Waals surface area contributed by atoms with E-state index >= 15 is 0 Å². The molecule has 0 aliphatic heterocycles. The Labute approximate surface area is 206 Å². The van der Waals surface area contributed by atoms with Gasteiger partial charge in [0.05, 0.1) is 22.1 Å². The molecule has 184 valence electrons. The predicted octanol–water partition coefficient (Wildman–Crippen LogP) is 5.56. The van der Waals surface area contributed by atoms with E-state index in [1.165, 1.54) is 43.4 Å². The van der Waals surface area contributed by atoms with E-state index in [9.17, 15) is 24.1 Å². The van der Waals surface area contributed by atoms with Gasteiger partial charge in [-0.25, -0.2) is 4.39 Å². The molecule has 0 aliphatic rings. The van der Waals surface area contributed by atoms with E-state index in [1.807, 2.05) is 13.8 Å². The molecule has 4 rings (SSSR count). The summed E-state index contributed by atoms with van der Waals surface area (Å²) in [6, 6.07) is 14.7. The second kappa shape index (κ2) is 9.99. The summed E-state index contributed by atoms with van der Waals surface area (Å²) in [4.78, 5) is 36.9. The summed E-state index contributed by atoms with van der Waals surface area (Å²) in [6.07, 6.45) is 0. The maximum Gasteiger partial charge on any atom is 0.280 e. The third-order valence-corrected chi connectivity index (χ3v) is 5.67. The van der Waals surface area contributed by atoms with Gasteiger partial charge in [-0.3, -0.25) is 19.7 Å². The van der Waals surface area contributed by atoms with Crippen LogP contribution in [0.15, 0.2) is 65.1 Å². The van der Waals surface area contributed by atoms with Gasteiger partial charge in [-0.05, 0) is 53.9 Å². The number of fused-ring (bicyclic) bond motifs is 1. The lowest BCUT2D eigenvalue weighted by molar-refractivity contribution is -0.384. The van der Waals surface area contributed by atoms with Crippen molar-refractivity contribution in [1.29, 1.82) is 0 Å². The molecule has 2 N–H and O–H groups in total. The SMILES string of the molecule is CNC(=O)c1c(-c2ccc(F)cc2)oc2cc([N+](=O)[O-])c(-c3cccc(C(=O)NCC(C)C)c3)cc12.